The van der Waals surface area contributed by atoms with E-state index in [0.29, 0.717) is 27.9 Å². The third-order valence-electron chi connectivity index (χ3n) is 7.07. The van der Waals surface area contributed by atoms with Gasteiger partial charge in [0.05, 0.1) is 23.1 Å². The molecule has 0 radical (unpaired) electrons. The summed E-state index contributed by atoms with van der Waals surface area (Å²) in [6, 6.07) is 8.77. The normalized spacial score (nSPS) is 19.3. The van der Waals surface area contributed by atoms with Crippen LogP contribution in [-0.2, 0) is 27.8 Å². The number of nitrogens with zero attached hydrogens (tertiary/aromatic N) is 5. The number of hydrogen-bond acceptors (Lipinski definition) is 9. The Morgan fingerprint density at radius 1 is 1.15 bits per heavy atom. The molecule has 2 aliphatic heterocycles. The van der Waals surface area contributed by atoms with Crippen molar-refractivity contribution in [2.24, 2.45) is 10.9 Å². The van der Waals surface area contributed by atoms with Crippen LogP contribution in [0.1, 0.15) is 32.4 Å². The molecule has 39 heavy (non-hydrogen) atoms. The quantitative estimate of drug-likeness (QED) is 0.171. The van der Waals surface area contributed by atoms with E-state index in [1.54, 1.807) is 24.3 Å². The summed E-state index contributed by atoms with van der Waals surface area (Å²) in [5.41, 5.74) is 7.04. The number of fused-ring (bicyclic) bond motifs is 2. The Morgan fingerprint density at radius 2 is 1.90 bits per heavy atom. The molecule has 3 heterocycles. The van der Waals surface area contributed by atoms with Gasteiger partial charge in [0.15, 0.2) is 10.8 Å². The first-order valence-corrected chi connectivity index (χ1v) is 14.5. The van der Waals surface area contributed by atoms with Gasteiger partial charge in [0.2, 0.25) is 10.0 Å². The Bertz CT molecular complexity index is 1590. The van der Waals surface area contributed by atoms with Crippen molar-refractivity contribution in [3.05, 3.63) is 57.5 Å². The smallest absolute Gasteiger partial charge is 0.305 e. The molecule has 0 aliphatic carbocycles. The van der Waals surface area contributed by atoms with E-state index in [1.807, 2.05) is 7.05 Å². The number of sulfonamides is 1. The second-order valence-electron chi connectivity index (χ2n) is 9.70. The maximum Gasteiger partial charge on any atom is 0.305 e. The van der Waals surface area contributed by atoms with E-state index >= 15 is 0 Å². The van der Waals surface area contributed by atoms with Crippen LogP contribution in [0, 0.1) is 0 Å². The SMILES string of the molecule is CN1CCc2nc(C(=O)N3CCN(S(=O)(=O)c4ccc5cc(C(N)=NO)ccc5c4)CC3CC(=O)O)sc2C1. The number of hydrogen-bond donors (Lipinski definition) is 3. The Morgan fingerprint density at radius 3 is 2.64 bits per heavy atom. The van der Waals surface area contributed by atoms with E-state index in [0.717, 1.165) is 23.5 Å². The number of benzene rings is 2. The van der Waals surface area contributed by atoms with Gasteiger partial charge in [0, 0.05) is 49.6 Å². The van der Waals surface area contributed by atoms with Crippen molar-refractivity contribution in [1.82, 2.24) is 19.1 Å². The number of nitrogens with two attached hydrogens (primary N) is 1. The molecule has 14 heteroatoms. The summed E-state index contributed by atoms with van der Waals surface area (Å²) >= 11 is 1.32. The first-order valence-electron chi connectivity index (χ1n) is 12.3. The van der Waals surface area contributed by atoms with Crippen molar-refractivity contribution in [1.29, 1.82) is 0 Å². The molecule has 12 nitrogen and oxygen atoms in total. The summed E-state index contributed by atoms with van der Waals surface area (Å²) in [6.45, 7) is 1.49. The number of carbonyl (C=O) groups is 2. The summed E-state index contributed by atoms with van der Waals surface area (Å²) < 4.78 is 28.4. The Kier molecular flexibility index (Phi) is 7.29. The van der Waals surface area contributed by atoms with Gasteiger partial charge < -0.3 is 25.8 Å². The molecule has 2 aromatic carbocycles. The van der Waals surface area contributed by atoms with E-state index in [-0.39, 0.29) is 42.7 Å². The molecule has 1 saturated heterocycles. The molecule has 1 fully saturated rings. The fraction of sp³-hybridized carbons (Fsp3) is 0.360. The lowest BCUT2D eigenvalue weighted by molar-refractivity contribution is -0.138. The summed E-state index contributed by atoms with van der Waals surface area (Å²) in [7, 11) is -1.98. The average molecular weight is 573 g/mol. The summed E-state index contributed by atoms with van der Waals surface area (Å²) in [5.74, 6) is -1.55. The second kappa shape index (κ2) is 10.5. The topological polar surface area (TPSA) is 170 Å². The zero-order valence-electron chi connectivity index (χ0n) is 21.1. The number of amides is 1. The lowest BCUT2D eigenvalue weighted by Gasteiger charge is -2.39. The van der Waals surface area contributed by atoms with Crippen molar-refractivity contribution in [2.75, 3.05) is 33.2 Å². The number of aromatic nitrogens is 1. The van der Waals surface area contributed by atoms with Crippen LogP contribution in [0.3, 0.4) is 0 Å². The Labute approximate surface area is 229 Å². The number of piperazine rings is 1. The minimum Gasteiger partial charge on any atom is -0.481 e. The van der Waals surface area contributed by atoms with Crippen LogP contribution in [0.4, 0.5) is 0 Å². The van der Waals surface area contributed by atoms with Crippen molar-refractivity contribution in [2.45, 2.75) is 30.3 Å². The predicted molar refractivity (Wildman–Crippen MR) is 144 cm³/mol. The first-order chi connectivity index (χ1) is 18.6. The lowest BCUT2D eigenvalue weighted by atomic mass is 10.1. The third kappa shape index (κ3) is 5.32. The van der Waals surface area contributed by atoms with Crippen molar-refractivity contribution < 1.29 is 28.3 Å². The number of aliphatic carboxylic acids is 1. The monoisotopic (exact) mass is 572 g/mol. The van der Waals surface area contributed by atoms with Gasteiger partial charge in [-0.1, -0.05) is 23.4 Å². The molecule has 0 saturated carbocycles. The predicted octanol–water partition coefficient (Wildman–Crippen LogP) is 1.37. The molecule has 1 unspecified atom stereocenters. The van der Waals surface area contributed by atoms with Gasteiger partial charge in [0.25, 0.3) is 5.91 Å². The van der Waals surface area contributed by atoms with Crippen molar-refractivity contribution in [3.8, 4) is 0 Å². The number of carbonyl (C=O) groups excluding carboxylic acids is 1. The minimum atomic E-state index is -3.98. The highest BCUT2D eigenvalue weighted by atomic mass is 32.2. The van der Waals surface area contributed by atoms with Crippen LogP contribution in [0.15, 0.2) is 46.4 Å². The molecule has 5 rings (SSSR count). The van der Waals surface area contributed by atoms with Gasteiger partial charge in [-0.15, -0.1) is 11.3 Å². The number of carboxylic acid groups (broad SMARTS) is 1. The minimum absolute atomic E-state index is 0.0263. The van der Waals surface area contributed by atoms with E-state index in [9.17, 15) is 23.1 Å². The maximum atomic E-state index is 13.6. The molecule has 1 amide bonds. The van der Waals surface area contributed by atoms with Crippen molar-refractivity contribution >= 4 is 49.8 Å². The Hall–Kier alpha value is -3.59. The van der Waals surface area contributed by atoms with Crippen LogP contribution in [0.25, 0.3) is 10.8 Å². The number of oxime groups is 1. The van der Waals surface area contributed by atoms with Crippen LogP contribution in [-0.4, -0.2) is 94.8 Å². The molecule has 206 valence electrons. The number of likely N-dealkylation sites (N-methyl/N-ethyl adjacent to an activating group) is 1. The van der Waals surface area contributed by atoms with Gasteiger partial charge in [-0.3, -0.25) is 9.59 Å². The summed E-state index contributed by atoms with van der Waals surface area (Å²) in [5, 5.41) is 23.1. The van der Waals surface area contributed by atoms with Gasteiger partial charge in [-0.2, -0.15) is 4.31 Å². The van der Waals surface area contributed by atoms with Gasteiger partial charge in [-0.05, 0) is 36.0 Å². The molecular formula is C25H28N6O6S2. The summed E-state index contributed by atoms with van der Waals surface area (Å²) in [4.78, 5) is 34.3. The van der Waals surface area contributed by atoms with E-state index < -0.39 is 22.0 Å². The van der Waals surface area contributed by atoms with Crippen LogP contribution < -0.4 is 5.73 Å². The van der Waals surface area contributed by atoms with Crippen molar-refractivity contribution in [3.63, 3.8) is 0 Å². The Balaban J connectivity index is 1.38. The maximum absolute atomic E-state index is 13.6. The highest BCUT2D eigenvalue weighted by molar-refractivity contribution is 7.89. The average Bonchev–Trinajstić information content (AvgIpc) is 3.34. The lowest BCUT2D eigenvalue weighted by Crippen LogP contribution is -2.57. The zero-order valence-corrected chi connectivity index (χ0v) is 22.8. The van der Waals surface area contributed by atoms with Crippen LogP contribution in [0.2, 0.25) is 0 Å². The number of thiazole rings is 1. The largest absolute Gasteiger partial charge is 0.481 e. The molecule has 3 aromatic rings. The number of amidine groups is 1. The van der Waals surface area contributed by atoms with Gasteiger partial charge in [0.1, 0.15) is 0 Å². The highest BCUT2D eigenvalue weighted by Gasteiger charge is 2.39. The highest BCUT2D eigenvalue weighted by Crippen LogP contribution is 2.29. The molecular weight excluding hydrogens is 544 g/mol. The third-order valence-corrected chi connectivity index (χ3v) is 10.0. The van der Waals surface area contributed by atoms with E-state index in [4.69, 9.17) is 10.9 Å². The van der Waals surface area contributed by atoms with Crippen LogP contribution >= 0.6 is 11.3 Å². The summed E-state index contributed by atoms with van der Waals surface area (Å²) in [6.07, 6.45) is 0.357. The van der Waals surface area contributed by atoms with Crippen LogP contribution in [0.5, 0.6) is 0 Å². The molecule has 0 spiro atoms. The first kappa shape index (κ1) is 27.0. The second-order valence-corrected chi connectivity index (χ2v) is 12.7. The molecule has 4 N–H and O–H groups in total. The van der Waals surface area contributed by atoms with Gasteiger partial charge >= 0.3 is 5.97 Å². The molecule has 2 aliphatic rings. The van der Waals surface area contributed by atoms with E-state index in [2.05, 4.69) is 15.0 Å². The number of carboxylic acids is 1. The fourth-order valence-electron chi connectivity index (χ4n) is 4.98. The van der Waals surface area contributed by atoms with E-state index in [1.165, 1.54) is 32.7 Å². The number of rotatable bonds is 6. The molecule has 0 bridgehead atoms. The molecule has 1 aromatic heterocycles. The standard InChI is InChI=1S/C25H28N6O6S2/c1-29-7-6-20-21(14-29)38-24(27-20)25(34)31-9-8-30(13-18(31)12-22(32)33)39(36,37)19-5-4-15-10-17(23(26)28-35)3-2-16(15)11-19/h2-5,10-11,18,35H,6-9,12-14H2,1H3,(H2,26,28)(H,32,33). The molecule has 1 atom stereocenters. The zero-order chi connectivity index (χ0) is 27.9. The van der Waals surface area contributed by atoms with Gasteiger partial charge in [-0.25, -0.2) is 13.4 Å². The fourth-order valence-corrected chi connectivity index (χ4v) is 7.63.